The normalized spacial score (nSPS) is 26.7. The standard InChI is InChI=1S/C7H9NO5/c1-13-7(12)4-3(6(10)11)2-8-5(4)9/h3-4H,2H2,1H3,(H,8,9)(H,10,11)/t3-,4+/m0/s1. The quantitative estimate of drug-likeness (QED) is 0.410. The molecule has 1 aliphatic rings. The van der Waals surface area contributed by atoms with Gasteiger partial charge in [-0.25, -0.2) is 0 Å². The van der Waals surface area contributed by atoms with Crippen LogP contribution in [0.1, 0.15) is 0 Å². The highest BCUT2D eigenvalue weighted by atomic mass is 16.5. The maximum Gasteiger partial charge on any atom is 0.319 e. The Labute approximate surface area is 73.9 Å². The van der Waals surface area contributed by atoms with Gasteiger partial charge < -0.3 is 15.2 Å². The summed E-state index contributed by atoms with van der Waals surface area (Å²) in [5.74, 6) is -4.78. The van der Waals surface area contributed by atoms with E-state index in [1.165, 1.54) is 0 Å². The lowest BCUT2D eigenvalue weighted by Crippen LogP contribution is -2.32. The summed E-state index contributed by atoms with van der Waals surface area (Å²) < 4.78 is 4.32. The van der Waals surface area contributed by atoms with Crippen molar-refractivity contribution < 1.29 is 24.2 Å². The number of amides is 1. The number of hydrogen-bond acceptors (Lipinski definition) is 4. The first-order chi connectivity index (χ1) is 6.07. The minimum absolute atomic E-state index is 0.0199. The zero-order valence-corrected chi connectivity index (χ0v) is 6.94. The Morgan fingerprint density at radius 1 is 1.62 bits per heavy atom. The molecule has 1 saturated heterocycles. The van der Waals surface area contributed by atoms with Crippen molar-refractivity contribution in [2.75, 3.05) is 13.7 Å². The Bertz CT molecular complexity index is 262. The third-order valence-corrected chi connectivity index (χ3v) is 1.95. The Hall–Kier alpha value is -1.59. The van der Waals surface area contributed by atoms with Gasteiger partial charge in [-0.1, -0.05) is 0 Å². The SMILES string of the molecule is COC(=O)[C@H]1C(=O)NC[C@@H]1C(=O)O. The van der Waals surface area contributed by atoms with Crippen molar-refractivity contribution in [1.29, 1.82) is 0 Å². The van der Waals surface area contributed by atoms with Gasteiger partial charge in [0, 0.05) is 6.54 Å². The van der Waals surface area contributed by atoms with Crippen molar-refractivity contribution in [3.63, 3.8) is 0 Å². The summed E-state index contributed by atoms with van der Waals surface area (Å²) in [6.07, 6.45) is 0. The molecule has 1 rings (SSSR count). The van der Waals surface area contributed by atoms with E-state index < -0.39 is 29.7 Å². The number of carboxylic acids is 1. The van der Waals surface area contributed by atoms with Crippen LogP contribution in [0, 0.1) is 11.8 Å². The smallest absolute Gasteiger partial charge is 0.319 e. The first-order valence-electron chi connectivity index (χ1n) is 3.66. The first-order valence-corrected chi connectivity index (χ1v) is 3.66. The van der Waals surface area contributed by atoms with Crippen LogP contribution >= 0.6 is 0 Å². The van der Waals surface area contributed by atoms with Gasteiger partial charge in [0.15, 0.2) is 5.92 Å². The van der Waals surface area contributed by atoms with Crippen LogP contribution in [0.2, 0.25) is 0 Å². The highest BCUT2D eigenvalue weighted by molar-refractivity contribution is 6.03. The second-order valence-corrected chi connectivity index (χ2v) is 2.69. The number of methoxy groups -OCH3 is 1. The molecule has 1 amide bonds. The van der Waals surface area contributed by atoms with Crippen LogP contribution in [-0.2, 0) is 19.1 Å². The molecular formula is C7H9NO5. The molecule has 0 radical (unpaired) electrons. The maximum absolute atomic E-state index is 11.0. The van der Waals surface area contributed by atoms with Crippen molar-refractivity contribution in [1.82, 2.24) is 5.32 Å². The molecule has 2 N–H and O–H groups in total. The van der Waals surface area contributed by atoms with Gasteiger partial charge in [-0.3, -0.25) is 14.4 Å². The molecule has 13 heavy (non-hydrogen) atoms. The van der Waals surface area contributed by atoms with E-state index in [-0.39, 0.29) is 6.54 Å². The van der Waals surface area contributed by atoms with Gasteiger partial charge in [0.05, 0.1) is 13.0 Å². The summed E-state index contributed by atoms with van der Waals surface area (Å²) in [6, 6.07) is 0. The number of hydrogen-bond donors (Lipinski definition) is 2. The average Bonchev–Trinajstić information content (AvgIpc) is 2.46. The highest BCUT2D eigenvalue weighted by Gasteiger charge is 2.45. The molecule has 0 aliphatic carbocycles. The van der Waals surface area contributed by atoms with Crippen molar-refractivity contribution in [3.8, 4) is 0 Å². The lowest BCUT2D eigenvalue weighted by molar-refractivity contribution is -0.156. The van der Waals surface area contributed by atoms with E-state index >= 15 is 0 Å². The van der Waals surface area contributed by atoms with Gasteiger partial charge in [-0.2, -0.15) is 0 Å². The molecule has 72 valence electrons. The van der Waals surface area contributed by atoms with Crippen LogP contribution in [0.3, 0.4) is 0 Å². The number of carbonyl (C=O) groups excluding carboxylic acids is 2. The summed E-state index contributed by atoms with van der Waals surface area (Å²) >= 11 is 0. The molecule has 0 aromatic carbocycles. The van der Waals surface area contributed by atoms with E-state index in [0.717, 1.165) is 7.11 Å². The van der Waals surface area contributed by atoms with Gasteiger partial charge in [0.25, 0.3) is 0 Å². The van der Waals surface area contributed by atoms with E-state index in [2.05, 4.69) is 10.1 Å². The molecule has 0 spiro atoms. The minimum Gasteiger partial charge on any atom is -0.481 e. The number of nitrogens with one attached hydrogen (secondary N) is 1. The van der Waals surface area contributed by atoms with E-state index in [0.29, 0.717) is 0 Å². The van der Waals surface area contributed by atoms with Crippen molar-refractivity contribution in [2.24, 2.45) is 11.8 Å². The molecule has 6 heteroatoms. The van der Waals surface area contributed by atoms with Gasteiger partial charge in [0.2, 0.25) is 5.91 Å². The molecule has 0 aromatic rings. The number of aliphatic carboxylic acids is 1. The Morgan fingerprint density at radius 2 is 2.23 bits per heavy atom. The van der Waals surface area contributed by atoms with Crippen LogP contribution in [-0.4, -0.2) is 36.6 Å². The van der Waals surface area contributed by atoms with E-state index in [9.17, 15) is 14.4 Å². The Balaban J connectivity index is 2.83. The predicted molar refractivity (Wildman–Crippen MR) is 39.6 cm³/mol. The number of carbonyl (C=O) groups is 3. The molecule has 0 unspecified atom stereocenters. The van der Waals surface area contributed by atoms with E-state index in [4.69, 9.17) is 5.11 Å². The van der Waals surface area contributed by atoms with Gasteiger partial charge in [0.1, 0.15) is 0 Å². The zero-order valence-electron chi connectivity index (χ0n) is 6.94. The van der Waals surface area contributed by atoms with E-state index in [1.807, 2.05) is 0 Å². The molecule has 1 heterocycles. The van der Waals surface area contributed by atoms with Gasteiger partial charge >= 0.3 is 11.9 Å². The highest BCUT2D eigenvalue weighted by Crippen LogP contribution is 2.19. The molecule has 0 aromatic heterocycles. The summed E-state index contributed by atoms with van der Waals surface area (Å²) in [7, 11) is 1.12. The summed E-state index contributed by atoms with van der Waals surface area (Å²) in [5.41, 5.74) is 0. The van der Waals surface area contributed by atoms with Gasteiger partial charge in [-0.15, -0.1) is 0 Å². The third-order valence-electron chi connectivity index (χ3n) is 1.95. The zero-order chi connectivity index (χ0) is 10.0. The van der Waals surface area contributed by atoms with E-state index in [1.54, 1.807) is 0 Å². The monoisotopic (exact) mass is 187 g/mol. The summed E-state index contributed by atoms with van der Waals surface area (Å²) in [5, 5.41) is 10.9. The summed E-state index contributed by atoms with van der Waals surface area (Å²) in [6.45, 7) is -0.0199. The first kappa shape index (κ1) is 9.50. The molecule has 1 aliphatic heterocycles. The van der Waals surface area contributed by atoms with Crippen molar-refractivity contribution in [3.05, 3.63) is 0 Å². The molecular weight excluding hydrogens is 178 g/mol. The summed E-state index contributed by atoms with van der Waals surface area (Å²) in [4.78, 5) is 32.6. The average molecular weight is 187 g/mol. The molecule has 0 saturated carbocycles. The van der Waals surface area contributed by atoms with Crippen LogP contribution in [0.4, 0.5) is 0 Å². The lowest BCUT2D eigenvalue weighted by atomic mass is 9.96. The largest absolute Gasteiger partial charge is 0.481 e. The Morgan fingerprint density at radius 3 is 2.69 bits per heavy atom. The topological polar surface area (TPSA) is 92.7 Å². The molecule has 2 atom stereocenters. The van der Waals surface area contributed by atoms with Crippen molar-refractivity contribution >= 4 is 17.8 Å². The number of rotatable bonds is 2. The molecule has 1 fully saturated rings. The predicted octanol–water partition coefficient (Wildman–Crippen LogP) is -1.39. The second kappa shape index (κ2) is 3.42. The van der Waals surface area contributed by atoms with Crippen LogP contribution in [0.15, 0.2) is 0 Å². The van der Waals surface area contributed by atoms with Crippen molar-refractivity contribution in [2.45, 2.75) is 0 Å². The van der Waals surface area contributed by atoms with Gasteiger partial charge in [-0.05, 0) is 0 Å². The number of esters is 1. The fraction of sp³-hybridized carbons (Fsp3) is 0.571. The molecule has 0 bridgehead atoms. The second-order valence-electron chi connectivity index (χ2n) is 2.69. The lowest BCUT2D eigenvalue weighted by Gasteiger charge is -2.09. The fourth-order valence-corrected chi connectivity index (χ4v) is 1.25. The van der Waals surface area contributed by atoms with Crippen LogP contribution < -0.4 is 5.32 Å². The fourth-order valence-electron chi connectivity index (χ4n) is 1.25. The maximum atomic E-state index is 11.0. The Kier molecular flexibility index (Phi) is 2.50. The number of carboxylic acid groups (broad SMARTS) is 1. The number of ether oxygens (including phenoxy) is 1. The van der Waals surface area contributed by atoms with Crippen LogP contribution in [0.25, 0.3) is 0 Å². The third kappa shape index (κ3) is 1.61. The molecule has 6 nitrogen and oxygen atoms in total. The minimum atomic E-state index is -1.21. The van der Waals surface area contributed by atoms with Crippen LogP contribution in [0.5, 0.6) is 0 Å².